The maximum atomic E-state index is 6.20. The molecule has 1 aromatic heterocycles. The Hall–Kier alpha value is -0.900. The lowest BCUT2D eigenvalue weighted by Crippen LogP contribution is -2.41. The molecule has 2 nitrogen and oxygen atoms in total. The Labute approximate surface area is 138 Å². The number of pyridine rings is 1. The number of rotatable bonds is 1. The van der Waals surface area contributed by atoms with E-state index in [1.54, 1.807) is 0 Å². The van der Waals surface area contributed by atoms with Gasteiger partial charge in [-0.15, -0.1) is 0 Å². The molecular weight excluding hydrogens is 348 g/mol. The van der Waals surface area contributed by atoms with Crippen molar-refractivity contribution in [2.45, 2.75) is 25.3 Å². The third-order valence-corrected chi connectivity index (χ3v) is 5.21. The average Bonchev–Trinajstić information content (AvgIpc) is 2.55. The maximum Gasteiger partial charge on any atom is 0.0781 e. The molecule has 21 heavy (non-hydrogen) atoms. The highest BCUT2D eigenvalue weighted by molar-refractivity contribution is 9.10. The highest BCUT2D eigenvalue weighted by Gasteiger charge is 2.32. The Bertz CT molecular complexity index is 644. The Morgan fingerprint density at radius 1 is 1.14 bits per heavy atom. The Balaban J connectivity index is 1.89. The van der Waals surface area contributed by atoms with Crippen LogP contribution in [0.5, 0.6) is 0 Å². The summed E-state index contributed by atoms with van der Waals surface area (Å²) in [5.41, 5.74) is 5.33. The first kappa shape index (κ1) is 13.7. The van der Waals surface area contributed by atoms with Gasteiger partial charge < -0.3 is 0 Å². The summed E-state index contributed by atoms with van der Waals surface area (Å²) in [5.74, 6) is 0. The SMILES string of the molecule is Clc1ccc2c(c1)CCc1cc(Br)cnc1C2N1CCC1. The highest BCUT2D eigenvalue weighted by Crippen LogP contribution is 2.39. The van der Waals surface area contributed by atoms with E-state index in [2.05, 4.69) is 39.0 Å². The minimum atomic E-state index is 0.289. The number of hydrogen-bond acceptors (Lipinski definition) is 2. The summed E-state index contributed by atoms with van der Waals surface area (Å²) in [7, 11) is 0. The number of fused-ring (bicyclic) bond motifs is 2. The van der Waals surface area contributed by atoms with Gasteiger partial charge in [-0.25, -0.2) is 0 Å². The fraction of sp³-hybridized carbons (Fsp3) is 0.353. The smallest absolute Gasteiger partial charge is 0.0781 e. The molecule has 1 saturated heterocycles. The molecule has 1 aromatic carbocycles. The molecule has 4 rings (SSSR count). The Kier molecular flexibility index (Phi) is 3.52. The lowest BCUT2D eigenvalue weighted by atomic mass is 9.94. The van der Waals surface area contributed by atoms with Crippen molar-refractivity contribution in [2.75, 3.05) is 13.1 Å². The number of hydrogen-bond donors (Lipinski definition) is 0. The molecule has 1 atom stereocenters. The number of likely N-dealkylation sites (tertiary alicyclic amines) is 1. The van der Waals surface area contributed by atoms with Crippen molar-refractivity contribution in [3.05, 3.63) is 62.3 Å². The third-order valence-electron chi connectivity index (χ3n) is 4.55. The highest BCUT2D eigenvalue weighted by atomic mass is 79.9. The van der Waals surface area contributed by atoms with Gasteiger partial charge in [0.15, 0.2) is 0 Å². The maximum absolute atomic E-state index is 6.20. The van der Waals surface area contributed by atoms with E-state index in [0.29, 0.717) is 0 Å². The second-order valence-corrected chi connectivity index (χ2v) is 7.19. The summed E-state index contributed by atoms with van der Waals surface area (Å²) in [5, 5.41) is 0.830. The summed E-state index contributed by atoms with van der Waals surface area (Å²) in [6, 6.07) is 8.85. The predicted molar refractivity (Wildman–Crippen MR) is 88.8 cm³/mol. The van der Waals surface area contributed by atoms with Gasteiger partial charge in [0.1, 0.15) is 0 Å². The van der Waals surface area contributed by atoms with Crippen LogP contribution in [0.1, 0.15) is 34.8 Å². The van der Waals surface area contributed by atoms with Gasteiger partial charge in [0.2, 0.25) is 0 Å². The molecule has 0 saturated carbocycles. The molecule has 0 radical (unpaired) electrons. The minimum Gasteiger partial charge on any atom is -0.291 e. The van der Waals surface area contributed by atoms with Gasteiger partial charge in [-0.2, -0.15) is 0 Å². The van der Waals surface area contributed by atoms with E-state index < -0.39 is 0 Å². The van der Waals surface area contributed by atoms with Crippen LogP contribution in [-0.2, 0) is 12.8 Å². The van der Waals surface area contributed by atoms with Crippen LogP contribution in [0.25, 0.3) is 0 Å². The number of aryl methyl sites for hydroxylation is 2. The van der Waals surface area contributed by atoms with E-state index in [0.717, 1.165) is 35.4 Å². The predicted octanol–water partition coefficient (Wildman–Crippen LogP) is 4.39. The van der Waals surface area contributed by atoms with Crippen molar-refractivity contribution in [1.82, 2.24) is 9.88 Å². The van der Waals surface area contributed by atoms with Gasteiger partial charge in [0, 0.05) is 28.8 Å². The lowest BCUT2D eigenvalue weighted by molar-refractivity contribution is 0.137. The van der Waals surface area contributed by atoms with Crippen molar-refractivity contribution >= 4 is 27.5 Å². The molecule has 0 spiro atoms. The first-order valence-electron chi connectivity index (χ1n) is 7.39. The van der Waals surface area contributed by atoms with Gasteiger partial charge in [-0.1, -0.05) is 17.7 Å². The van der Waals surface area contributed by atoms with Crippen LogP contribution in [0.3, 0.4) is 0 Å². The fourth-order valence-corrected chi connectivity index (χ4v) is 3.95. The zero-order chi connectivity index (χ0) is 14.4. The van der Waals surface area contributed by atoms with Crippen LogP contribution in [0.2, 0.25) is 5.02 Å². The zero-order valence-electron chi connectivity index (χ0n) is 11.6. The quantitative estimate of drug-likeness (QED) is 0.747. The van der Waals surface area contributed by atoms with E-state index in [1.807, 2.05) is 12.3 Å². The summed E-state index contributed by atoms with van der Waals surface area (Å²) >= 11 is 9.76. The lowest BCUT2D eigenvalue weighted by Gasteiger charge is -2.39. The van der Waals surface area contributed by atoms with Crippen molar-refractivity contribution in [1.29, 1.82) is 0 Å². The van der Waals surface area contributed by atoms with Crippen LogP contribution in [-0.4, -0.2) is 23.0 Å². The molecule has 1 fully saturated rings. The molecule has 0 N–H and O–H groups in total. The third kappa shape index (κ3) is 2.41. The molecule has 2 heterocycles. The van der Waals surface area contributed by atoms with E-state index in [-0.39, 0.29) is 6.04 Å². The fourth-order valence-electron chi connectivity index (χ4n) is 3.38. The van der Waals surface area contributed by atoms with E-state index in [1.165, 1.54) is 28.8 Å². The molecule has 0 bridgehead atoms. The number of aromatic nitrogens is 1. The molecule has 1 unspecified atom stereocenters. The van der Waals surface area contributed by atoms with Gasteiger partial charge in [0.05, 0.1) is 11.7 Å². The monoisotopic (exact) mass is 362 g/mol. The summed E-state index contributed by atoms with van der Waals surface area (Å²) in [4.78, 5) is 7.29. The van der Waals surface area contributed by atoms with Crippen molar-refractivity contribution in [3.63, 3.8) is 0 Å². The summed E-state index contributed by atoms with van der Waals surface area (Å²) < 4.78 is 1.06. The first-order valence-corrected chi connectivity index (χ1v) is 8.56. The largest absolute Gasteiger partial charge is 0.291 e. The van der Waals surface area contributed by atoms with Gasteiger partial charge in [0.25, 0.3) is 0 Å². The number of benzene rings is 1. The second kappa shape index (κ2) is 5.38. The Morgan fingerprint density at radius 3 is 2.71 bits per heavy atom. The van der Waals surface area contributed by atoms with E-state index in [9.17, 15) is 0 Å². The molecule has 1 aliphatic carbocycles. The van der Waals surface area contributed by atoms with Crippen LogP contribution in [0.4, 0.5) is 0 Å². The second-order valence-electron chi connectivity index (χ2n) is 5.83. The van der Waals surface area contributed by atoms with Crippen LogP contribution in [0.15, 0.2) is 34.9 Å². The Morgan fingerprint density at radius 2 is 1.95 bits per heavy atom. The molecule has 108 valence electrons. The van der Waals surface area contributed by atoms with Gasteiger partial charge >= 0.3 is 0 Å². The van der Waals surface area contributed by atoms with Gasteiger partial charge in [-0.3, -0.25) is 9.88 Å². The molecule has 2 aromatic rings. The molecule has 4 heteroatoms. The minimum absolute atomic E-state index is 0.289. The topological polar surface area (TPSA) is 16.1 Å². The number of nitrogens with zero attached hydrogens (tertiary/aromatic N) is 2. The summed E-state index contributed by atoms with van der Waals surface area (Å²) in [6.07, 6.45) is 5.27. The summed E-state index contributed by atoms with van der Waals surface area (Å²) in [6.45, 7) is 2.31. The average molecular weight is 364 g/mol. The molecule has 0 amide bonds. The zero-order valence-corrected chi connectivity index (χ0v) is 14.0. The van der Waals surface area contributed by atoms with Crippen molar-refractivity contribution in [3.8, 4) is 0 Å². The van der Waals surface area contributed by atoms with E-state index in [4.69, 9.17) is 16.6 Å². The van der Waals surface area contributed by atoms with Crippen LogP contribution >= 0.6 is 27.5 Å². The number of halogens is 2. The molecule has 2 aliphatic rings. The first-order chi connectivity index (χ1) is 10.2. The van der Waals surface area contributed by atoms with Gasteiger partial charge in [-0.05, 0) is 70.1 Å². The van der Waals surface area contributed by atoms with Crippen molar-refractivity contribution in [2.24, 2.45) is 0 Å². The molecular formula is C17H16BrClN2. The van der Waals surface area contributed by atoms with Crippen LogP contribution < -0.4 is 0 Å². The van der Waals surface area contributed by atoms with Crippen molar-refractivity contribution < 1.29 is 0 Å². The molecule has 1 aliphatic heterocycles. The van der Waals surface area contributed by atoms with E-state index >= 15 is 0 Å². The van der Waals surface area contributed by atoms with Crippen LogP contribution in [0, 0.1) is 0 Å². The standard InChI is InChI=1S/C17H16BrClN2/c18-13-8-12-3-2-11-9-14(19)4-5-15(11)17(16(12)20-10-13)21-6-1-7-21/h4-5,8-10,17H,1-3,6-7H2. The normalized spacial score (nSPS) is 21.1.